The fourth-order valence-corrected chi connectivity index (χ4v) is 4.20. The van der Waals surface area contributed by atoms with E-state index in [-0.39, 0.29) is 34.4 Å². The van der Waals surface area contributed by atoms with Crippen LogP contribution in [0.25, 0.3) is 11.3 Å². The molecule has 1 atom stereocenters. The molecular formula is C21H19F2N9S. The van der Waals surface area contributed by atoms with Crippen LogP contribution in [0.5, 0.6) is 0 Å². The van der Waals surface area contributed by atoms with Crippen molar-refractivity contribution < 1.29 is 8.78 Å². The number of aromatic nitrogens is 3. The summed E-state index contributed by atoms with van der Waals surface area (Å²) in [5, 5.41) is 26.5. The second-order valence-electron chi connectivity index (χ2n) is 6.99. The van der Waals surface area contributed by atoms with Gasteiger partial charge >= 0.3 is 0 Å². The number of hydrogen-bond donors (Lipinski definition) is 4. The Kier molecular flexibility index (Phi) is 5.92. The molecule has 3 aromatic rings. The molecule has 12 heteroatoms. The van der Waals surface area contributed by atoms with Gasteiger partial charge in [-0.1, -0.05) is 6.92 Å². The third-order valence-electron chi connectivity index (χ3n) is 5.16. The average Bonchev–Trinajstić information content (AvgIpc) is 3.36. The number of nitrogens with zero attached hydrogens (tertiary/aromatic N) is 5. The Balaban J connectivity index is 1.96. The molecule has 168 valence electrons. The van der Waals surface area contributed by atoms with Crippen LogP contribution in [0, 0.1) is 27.9 Å². The van der Waals surface area contributed by atoms with Gasteiger partial charge in [0.1, 0.15) is 16.5 Å². The van der Waals surface area contributed by atoms with E-state index in [0.717, 1.165) is 24.7 Å². The van der Waals surface area contributed by atoms with Gasteiger partial charge in [-0.15, -0.1) is 11.3 Å². The zero-order valence-corrected chi connectivity index (χ0v) is 18.2. The summed E-state index contributed by atoms with van der Waals surface area (Å²) < 4.78 is 27.7. The molecule has 1 aliphatic heterocycles. The molecule has 33 heavy (non-hydrogen) atoms. The van der Waals surface area contributed by atoms with Crippen molar-refractivity contribution in [1.29, 1.82) is 16.2 Å². The number of halogens is 2. The van der Waals surface area contributed by atoms with E-state index in [9.17, 15) is 8.78 Å². The Labute approximate surface area is 191 Å². The van der Waals surface area contributed by atoms with Crippen LogP contribution in [-0.2, 0) is 0 Å². The van der Waals surface area contributed by atoms with Gasteiger partial charge in [0.15, 0.2) is 23.3 Å². The molecule has 1 aromatic carbocycles. The van der Waals surface area contributed by atoms with Crippen molar-refractivity contribution in [3.05, 3.63) is 58.4 Å². The first-order valence-electron chi connectivity index (χ1n) is 9.81. The molecule has 0 fully saturated rings. The Morgan fingerprint density at radius 1 is 1.24 bits per heavy atom. The standard InChI is InChI=1S/C21H19F2N9S/c1-2-15-18(27)31(10-25)16-9-29-19(12(8-24)17(26)21-28-5-6-33-21)30-20(16)32(15)11-3-4-13(22)14(23)7-11/h3-10,15,24-25,27H,2,26H2,1H3/b17-12+,24-8?,25-10?,27-18?/t15-/m1/s1. The van der Waals surface area contributed by atoms with Gasteiger partial charge in [0.25, 0.3) is 0 Å². The van der Waals surface area contributed by atoms with Crippen molar-refractivity contribution in [3.63, 3.8) is 0 Å². The molecule has 9 nitrogen and oxygen atoms in total. The predicted octanol–water partition coefficient (Wildman–Crippen LogP) is 4.01. The minimum absolute atomic E-state index is 0.0613. The molecule has 0 spiro atoms. The number of rotatable bonds is 6. The van der Waals surface area contributed by atoms with Crippen molar-refractivity contribution in [2.24, 2.45) is 5.73 Å². The lowest BCUT2D eigenvalue weighted by Crippen LogP contribution is -2.51. The summed E-state index contributed by atoms with van der Waals surface area (Å²) in [7, 11) is 0. The van der Waals surface area contributed by atoms with Gasteiger partial charge in [-0.2, -0.15) is 0 Å². The Bertz CT molecular complexity index is 1270. The van der Waals surface area contributed by atoms with E-state index in [1.807, 2.05) is 6.92 Å². The Morgan fingerprint density at radius 3 is 2.64 bits per heavy atom. The van der Waals surface area contributed by atoms with Crippen molar-refractivity contribution in [1.82, 2.24) is 15.0 Å². The van der Waals surface area contributed by atoms with E-state index in [1.165, 1.54) is 28.5 Å². The second-order valence-corrected chi connectivity index (χ2v) is 7.88. The molecule has 0 radical (unpaired) electrons. The highest BCUT2D eigenvalue weighted by Gasteiger charge is 2.37. The predicted molar refractivity (Wildman–Crippen MR) is 125 cm³/mol. The third kappa shape index (κ3) is 3.74. The van der Waals surface area contributed by atoms with Crippen LogP contribution in [-0.4, -0.2) is 39.4 Å². The van der Waals surface area contributed by atoms with E-state index >= 15 is 0 Å². The topological polar surface area (TPSA) is 143 Å². The van der Waals surface area contributed by atoms with Crippen LogP contribution in [0.4, 0.5) is 26.0 Å². The summed E-state index contributed by atoms with van der Waals surface area (Å²) in [6.45, 7) is 1.84. The van der Waals surface area contributed by atoms with Gasteiger partial charge in [-0.05, 0) is 18.6 Å². The zero-order chi connectivity index (χ0) is 23.7. The minimum atomic E-state index is -1.03. The first-order chi connectivity index (χ1) is 15.9. The van der Waals surface area contributed by atoms with E-state index < -0.39 is 17.7 Å². The number of thiazole rings is 1. The van der Waals surface area contributed by atoms with Gasteiger partial charge in [0, 0.05) is 29.5 Å². The van der Waals surface area contributed by atoms with Crippen molar-refractivity contribution in [2.45, 2.75) is 19.4 Å². The van der Waals surface area contributed by atoms with Gasteiger partial charge in [0.05, 0.1) is 29.8 Å². The lowest BCUT2D eigenvalue weighted by molar-refractivity contribution is 0.508. The number of nitrogens with one attached hydrogen (secondary N) is 3. The fraction of sp³-hybridized carbons (Fsp3) is 0.143. The summed E-state index contributed by atoms with van der Waals surface area (Å²) in [4.78, 5) is 16.0. The molecule has 5 N–H and O–H groups in total. The van der Waals surface area contributed by atoms with Gasteiger partial charge < -0.3 is 16.0 Å². The van der Waals surface area contributed by atoms with E-state index in [4.69, 9.17) is 22.0 Å². The molecule has 0 saturated carbocycles. The number of fused-ring (bicyclic) bond motifs is 1. The van der Waals surface area contributed by atoms with E-state index in [2.05, 4.69) is 15.0 Å². The van der Waals surface area contributed by atoms with Crippen LogP contribution < -0.4 is 15.5 Å². The highest BCUT2D eigenvalue weighted by Crippen LogP contribution is 2.40. The summed E-state index contributed by atoms with van der Waals surface area (Å²) in [5.74, 6) is -1.58. The molecule has 4 rings (SSSR count). The molecule has 1 aliphatic rings. The molecule has 3 heterocycles. The lowest BCUT2D eigenvalue weighted by Gasteiger charge is -2.41. The summed E-state index contributed by atoms with van der Waals surface area (Å²) in [6, 6.07) is 2.83. The van der Waals surface area contributed by atoms with Crippen molar-refractivity contribution in [3.8, 4) is 0 Å². The maximum Gasteiger partial charge on any atom is 0.165 e. The first-order valence-corrected chi connectivity index (χ1v) is 10.7. The summed E-state index contributed by atoms with van der Waals surface area (Å²) in [6.07, 6.45) is 5.43. The Hall–Kier alpha value is -4.06. The molecule has 0 saturated heterocycles. The highest BCUT2D eigenvalue weighted by atomic mass is 32.1. The largest absolute Gasteiger partial charge is 0.396 e. The summed E-state index contributed by atoms with van der Waals surface area (Å²) >= 11 is 1.30. The van der Waals surface area contributed by atoms with E-state index in [0.29, 0.717) is 17.1 Å². The maximum absolute atomic E-state index is 14.1. The zero-order valence-electron chi connectivity index (χ0n) is 17.4. The second kappa shape index (κ2) is 8.82. The number of anilines is 3. The molecule has 0 unspecified atom stereocenters. The number of benzene rings is 1. The minimum Gasteiger partial charge on any atom is -0.396 e. The monoisotopic (exact) mass is 467 g/mol. The molecule has 0 bridgehead atoms. The molecule has 0 amide bonds. The van der Waals surface area contributed by atoms with Crippen molar-refractivity contribution in [2.75, 3.05) is 9.80 Å². The molecule has 0 aliphatic carbocycles. The lowest BCUT2D eigenvalue weighted by atomic mass is 10.1. The third-order valence-corrected chi connectivity index (χ3v) is 5.97. The summed E-state index contributed by atoms with van der Waals surface area (Å²) in [5.41, 5.74) is 7.27. The fourth-order valence-electron chi connectivity index (χ4n) is 3.59. The number of allylic oxidation sites excluding steroid dienone is 1. The van der Waals surface area contributed by atoms with Gasteiger partial charge in [-0.25, -0.2) is 23.7 Å². The molecule has 2 aromatic heterocycles. The smallest absolute Gasteiger partial charge is 0.165 e. The van der Waals surface area contributed by atoms with Crippen LogP contribution in [0.15, 0.2) is 36.0 Å². The highest BCUT2D eigenvalue weighted by molar-refractivity contribution is 7.10. The SMILES string of the molecule is CC[C@@H]1C(=N)N(C=N)c2cnc(/C(C=N)=C(/N)c3nccs3)nc2N1c1ccc(F)c(F)c1. The number of hydrogen-bond acceptors (Lipinski definition) is 9. The molecular weight excluding hydrogens is 448 g/mol. The van der Waals surface area contributed by atoms with Crippen LogP contribution in [0.3, 0.4) is 0 Å². The Morgan fingerprint density at radius 2 is 2.03 bits per heavy atom. The number of amidine groups is 1. The van der Waals surface area contributed by atoms with Gasteiger partial charge in [0.2, 0.25) is 0 Å². The number of nitrogens with two attached hydrogens (primary N) is 1. The van der Waals surface area contributed by atoms with Crippen LogP contribution in [0.1, 0.15) is 24.2 Å². The van der Waals surface area contributed by atoms with E-state index in [1.54, 1.807) is 16.5 Å². The maximum atomic E-state index is 14.1. The first kappa shape index (κ1) is 22.1. The van der Waals surface area contributed by atoms with Crippen molar-refractivity contribution >= 4 is 58.2 Å². The van der Waals surface area contributed by atoms with Crippen LogP contribution in [0.2, 0.25) is 0 Å². The van der Waals surface area contributed by atoms with Gasteiger partial charge in [-0.3, -0.25) is 15.7 Å². The van der Waals surface area contributed by atoms with Crippen LogP contribution >= 0.6 is 11.3 Å². The normalized spacial score (nSPS) is 16.3. The average molecular weight is 468 g/mol. The quantitative estimate of drug-likeness (QED) is 0.319.